The molecule has 0 rings (SSSR count). The summed E-state index contributed by atoms with van der Waals surface area (Å²) >= 11 is 0. The Morgan fingerprint density at radius 2 is 1.54 bits per heavy atom. The predicted molar refractivity (Wildman–Crippen MR) is 105 cm³/mol. The first kappa shape index (κ1) is 30.2. The van der Waals surface area contributed by atoms with E-state index in [9.17, 15) is 19.2 Å². The number of aliphatic imine (C=N–C) groups is 1. The molecule has 0 atom stereocenters. The van der Waals surface area contributed by atoms with Gasteiger partial charge in [-0.3, -0.25) is 0 Å². The molecular formula is C16H34N6O6. The van der Waals surface area contributed by atoms with Crippen LogP contribution in [0.5, 0.6) is 0 Å². The van der Waals surface area contributed by atoms with Crippen molar-refractivity contribution in [3.05, 3.63) is 0 Å². The Kier molecular flexibility index (Phi) is 24.3. The van der Waals surface area contributed by atoms with E-state index in [0.29, 0.717) is 6.54 Å². The molecule has 0 bridgehead atoms. The van der Waals surface area contributed by atoms with Crippen molar-refractivity contribution in [2.24, 2.45) is 10.7 Å². The maximum atomic E-state index is 11.0. The van der Waals surface area contributed by atoms with Crippen molar-refractivity contribution >= 4 is 24.3 Å². The number of hydrogen-bond donors (Lipinski definition) is 3. The summed E-state index contributed by atoms with van der Waals surface area (Å²) in [5, 5.41) is 4.54. The van der Waals surface area contributed by atoms with E-state index in [2.05, 4.69) is 24.7 Å². The molecule has 12 heteroatoms. The second-order valence-corrected chi connectivity index (χ2v) is 5.40. The third-order valence-corrected chi connectivity index (χ3v) is 2.32. The number of likely N-dealkylation sites (N-methyl/N-ethyl adjacent to an activating group) is 2. The highest BCUT2D eigenvalue weighted by molar-refractivity contribution is 5.90. The Morgan fingerprint density at radius 1 is 1.00 bits per heavy atom. The normalized spacial score (nSPS) is 9.04. The highest BCUT2D eigenvalue weighted by Crippen LogP contribution is 1.78. The van der Waals surface area contributed by atoms with Crippen molar-refractivity contribution in [2.45, 2.75) is 13.8 Å². The first-order valence-electron chi connectivity index (χ1n) is 8.60. The minimum atomic E-state index is -0.887. The fraction of sp³-hybridized carbons (Fsp3) is 0.750. The molecule has 0 saturated carbocycles. The molecule has 164 valence electrons. The number of nitrogens with two attached hydrogens (primary N) is 1. The number of isocyanates is 1. The molecule has 0 spiro atoms. The number of urea groups is 1. The van der Waals surface area contributed by atoms with Gasteiger partial charge in [-0.15, -0.1) is 0 Å². The Labute approximate surface area is 166 Å². The Bertz CT molecular complexity index is 467. The lowest BCUT2D eigenvalue weighted by Crippen LogP contribution is -2.42. The van der Waals surface area contributed by atoms with E-state index in [-0.39, 0.29) is 13.2 Å². The molecule has 4 amide bonds. The molecule has 0 aromatic heterocycles. The molecule has 12 nitrogen and oxygen atoms in total. The highest BCUT2D eigenvalue weighted by Gasteiger charge is 2.06. The van der Waals surface area contributed by atoms with Gasteiger partial charge in [-0.2, -0.15) is 0 Å². The lowest BCUT2D eigenvalue weighted by molar-refractivity contribution is 0.152. The minimum Gasteiger partial charge on any atom is -0.450 e. The van der Waals surface area contributed by atoms with E-state index in [0.717, 1.165) is 25.7 Å². The molecule has 0 aromatic rings. The van der Waals surface area contributed by atoms with Crippen LogP contribution in [-0.2, 0) is 14.3 Å². The van der Waals surface area contributed by atoms with Crippen molar-refractivity contribution in [3.8, 4) is 0 Å². The SMILES string of the molecule is CCOC(=O)N=C=O.CCOC(=O)NC(=O)NCCN(C)C.CN(C)CCN. The number of carbonyl (C=O) groups excluding carboxylic acids is 4. The summed E-state index contributed by atoms with van der Waals surface area (Å²) in [4.78, 5) is 47.6. The average molecular weight is 406 g/mol. The first-order chi connectivity index (χ1) is 13.1. The van der Waals surface area contributed by atoms with Crippen LogP contribution in [0.3, 0.4) is 0 Å². The van der Waals surface area contributed by atoms with Crippen LogP contribution >= 0.6 is 0 Å². The molecule has 0 unspecified atom stereocenters. The van der Waals surface area contributed by atoms with E-state index in [1.807, 2.05) is 38.4 Å². The number of nitrogens with one attached hydrogen (secondary N) is 2. The van der Waals surface area contributed by atoms with E-state index in [1.54, 1.807) is 13.8 Å². The zero-order valence-electron chi connectivity index (χ0n) is 17.6. The van der Waals surface area contributed by atoms with Crippen molar-refractivity contribution in [2.75, 3.05) is 67.6 Å². The summed E-state index contributed by atoms with van der Waals surface area (Å²) in [7, 11) is 7.80. The van der Waals surface area contributed by atoms with E-state index < -0.39 is 18.2 Å². The zero-order chi connectivity index (χ0) is 22.4. The second-order valence-electron chi connectivity index (χ2n) is 5.40. The second kappa shape index (κ2) is 22.5. The smallest absolute Gasteiger partial charge is 0.444 e. The molecular weight excluding hydrogens is 372 g/mol. The number of imide groups is 1. The molecule has 0 heterocycles. The largest absolute Gasteiger partial charge is 0.450 e. The predicted octanol–water partition coefficient (Wildman–Crippen LogP) is -0.0109. The van der Waals surface area contributed by atoms with Crippen LogP contribution < -0.4 is 16.4 Å². The maximum absolute atomic E-state index is 11.0. The van der Waals surface area contributed by atoms with E-state index in [4.69, 9.17) is 5.73 Å². The molecule has 0 saturated heterocycles. The summed E-state index contributed by atoms with van der Waals surface area (Å²) in [5.74, 6) is 0. The van der Waals surface area contributed by atoms with Gasteiger partial charge < -0.3 is 30.3 Å². The van der Waals surface area contributed by atoms with Gasteiger partial charge in [0.15, 0.2) is 0 Å². The third kappa shape index (κ3) is 31.3. The van der Waals surface area contributed by atoms with Gasteiger partial charge >= 0.3 is 18.2 Å². The number of ether oxygens (including phenoxy) is 2. The average Bonchev–Trinajstić information content (AvgIpc) is 2.56. The topological polar surface area (TPSA) is 156 Å². The maximum Gasteiger partial charge on any atom is 0.444 e. The van der Waals surface area contributed by atoms with Gasteiger partial charge in [0.05, 0.1) is 13.2 Å². The van der Waals surface area contributed by atoms with E-state index in [1.165, 1.54) is 0 Å². The first-order valence-corrected chi connectivity index (χ1v) is 8.60. The molecule has 4 N–H and O–H groups in total. The summed E-state index contributed by atoms with van der Waals surface area (Å²) < 4.78 is 8.73. The van der Waals surface area contributed by atoms with Crippen molar-refractivity contribution in [3.63, 3.8) is 0 Å². The summed E-state index contributed by atoms with van der Waals surface area (Å²) in [6.45, 7) is 6.71. The lowest BCUT2D eigenvalue weighted by atomic mass is 10.6. The van der Waals surface area contributed by atoms with Gasteiger partial charge in [-0.25, -0.2) is 24.5 Å². The van der Waals surface area contributed by atoms with Gasteiger partial charge in [0.25, 0.3) is 0 Å². The van der Waals surface area contributed by atoms with Gasteiger partial charge in [-0.1, -0.05) is 4.99 Å². The van der Waals surface area contributed by atoms with Crippen LogP contribution in [0.15, 0.2) is 4.99 Å². The molecule has 28 heavy (non-hydrogen) atoms. The van der Waals surface area contributed by atoms with E-state index >= 15 is 0 Å². The molecule has 0 aliphatic carbocycles. The minimum absolute atomic E-state index is 0.226. The van der Waals surface area contributed by atoms with Crippen LogP contribution in [0, 0.1) is 0 Å². The fourth-order valence-corrected chi connectivity index (χ4v) is 1.15. The third-order valence-electron chi connectivity index (χ3n) is 2.32. The number of rotatable bonds is 7. The molecule has 0 aromatic carbocycles. The Morgan fingerprint density at radius 3 is 1.89 bits per heavy atom. The van der Waals surface area contributed by atoms with Crippen molar-refractivity contribution in [1.82, 2.24) is 20.4 Å². The Balaban J connectivity index is -0.000000376. The van der Waals surface area contributed by atoms with Gasteiger partial charge in [-0.05, 0) is 42.0 Å². The highest BCUT2D eigenvalue weighted by atomic mass is 16.6. The van der Waals surface area contributed by atoms with Crippen LogP contribution in [-0.4, -0.2) is 102 Å². The van der Waals surface area contributed by atoms with Gasteiger partial charge in [0, 0.05) is 26.2 Å². The molecule has 0 fully saturated rings. The quantitative estimate of drug-likeness (QED) is 0.391. The molecule has 0 aliphatic heterocycles. The molecule has 0 aliphatic rings. The van der Waals surface area contributed by atoms with Crippen LogP contribution in [0.2, 0.25) is 0 Å². The van der Waals surface area contributed by atoms with Crippen LogP contribution in [0.1, 0.15) is 13.8 Å². The van der Waals surface area contributed by atoms with Crippen LogP contribution in [0.25, 0.3) is 0 Å². The van der Waals surface area contributed by atoms with Crippen LogP contribution in [0.4, 0.5) is 14.4 Å². The molecule has 0 radical (unpaired) electrons. The summed E-state index contributed by atoms with van der Waals surface area (Å²) in [6, 6.07) is -0.537. The van der Waals surface area contributed by atoms with Gasteiger partial charge in [0.1, 0.15) is 0 Å². The monoisotopic (exact) mass is 406 g/mol. The van der Waals surface area contributed by atoms with Crippen molar-refractivity contribution < 1.29 is 28.7 Å². The summed E-state index contributed by atoms with van der Waals surface area (Å²) in [5.41, 5.74) is 5.19. The van der Waals surface area contributed by atoms with Gasteiger partial charge in [0.2, 0.25) is 6.08 Å². The van der Waals surface area contributed by atoms with Crippen molar-refractivity contribution in [1.29, 1.82) is 0 Å². The number of carbonyl (C=O) groups is 3. The number of alkyl carbamates (subject to hydrolysis) is 1. The number of nitrogens with zero attached hydrogens (tertiary/aromatic N) is 3. The number of amides is 4. The standard InChI is InChI=1S/C8H17N3O3.C4H12N2.C4H5NO3/c1-4-14-8(13)10-7(12)9-5-6-11(2)3;1-6(2)4-3-5;1-2-8-4(7)5-3-6/h4-6H2,1-3H3,(H2,9,10,12,13);3-5H2,1-2H3;2H2,1H3. The summed E-state index contributed by atoms with van der Waals surface area (Å²) in [6.07, 6.45) is -0.561. The zero-order valence-corrected chi connectivity index (χ0v) is 17.6. The Hall–Kier alpha value is -2.53. The fourth-order valence-electron chi connectivity index (χ4n) is 1.15. The number of hydrogen-bond acceptors (Lipinski definition) is 9. The lowest BCUT2D eigenvalue weighted by Gasteiger charge is -2.10.